The summed E-state index contributed by atoms with van der Waals surface area (Å²) in [5.41, 5.74) is 4.22. The van der Waals surface area contributed by atoms with E-state index in [4.69, 9.17) is 0 Å². The fourth-order valence-corrected chi connectivity index (χ4v) is 3.41. The molecule has 3 rings (SSSR count). The summed E-state index contributed by atoms with van der Waals surface area (Å²) in [6.07, 6.45) is 5.06. The second kappa shape index (κ2) is 11.8. The molecule has 1 heterocycles. The van der Waals surface area contributed by atoms with Gasteiger partial charge in [0.1, 0.15) is 0 Å². The topological polar surface area (TPSA) is 81.3 Å². The van der Waals surface area contributed by atoms with Crippen molar-refractivity contribution in [2.45, 2.75) is 39.7 Å². The highest BCUT2D eigenvalue weighted by atomic mass is 16.1. The largest absolute Gasteiger partial charge is 0.361 e. The molecule has 0 atom stereocenters. The molecule has 0 fully saturated rings. The summed E-state index contributed by atoms with van der Waals surface area (Å²) in [5.74, 6) is 0.777. The molecule has 2 aromatic carbocycles. The van der Waals surface area contributed by atoms with Crippen LogP contribution in [0.3, 0.4) is 0 Å². The van der Waals surface area contributed by atoms with Gasteiger partial charge in [-0.25, -0.2) is 4.99 Å². The molecule has 0 bridgehead atoms. The van der Waals surface area contributed by atoms with E-state index in [0.29, 0.717) is 12.1 Å². The van der Waals surface area contributed by atoms with Crippen LogP contribution in [0.5, 0.6) is 0 Å². The molecule has 0 aliphatic rings. The van der Waals surface area contributed by atoms with Gasteiger partial charge in [0.2, 0.25) is 0 Å². The van der Waals surface area contributed by atoms with Gasteiger partial charge in [-0.15, -0.1) is 0 Å². The van der Waals surface area contributed by atoms with Crippen molar-refractivity contribution >= 4 is 22.8 Å². The lowest BCUT2D eigenvalue weighted by atomic mass is 10.1. The number of para-hydroxylation sites is 1. The van der Waals surface area contributed by atoms with Crippen molar-refractivity contribution in [3.05, 3.63) is 71.4 Å². The van der Waals surface area contributed by atoms with Crippen LogP contribution < -0.4 is 16.0 Å². The third-order valence-electron chi connectivity index (χ3n) is 5.16. The third-order valence-corrected chi connectivity index (χ3v) is 5.16. The third kappa shape index (κ3) is 6.60. The standard InChI is InChI=1S/C25H33N5O/c1-3-5-15-27-24(31)20-12-10-19(11-13-20)17-30-25(26-4-2)28-16-14-21-18-29-23-9-7-6-8-22(21)23/h6-13,18,29H,3-5,14-17H2,1-2H3,(H,27,31)(H2,26,28,30). The predicted molar refractivity (Wildman–Crippen MR) is 129 cm³/mol. The van der Waals surface area contributed by atoms with Gasteiger partial charge in [-0.05, 0) is 49.1 Å². The zero-order valence-electron chi connectivity index (χ0n) is 18.5. The molecule has 6 nitrogen and oxygen atoms in total. The number of guanidine groups is 1. The molecule has 0 spiro atoms. The van der Waals surface area contributed by atoms with Crippen molar-refractivity contribution in [2.75, 3.05) is 19.6 Å². The van der Waals surface area contributed by atoms with Crippen molar-refractivity contribution in [3.63, 3.8) is 0 Å². The number of nitrogens with zero attached hydrogens (tertiary/aromatic N) is 1. The van der Waals surface area contributed by atoms with Crippen molar-refractivity contribution in [1.82, 2.24) is 20.9 Å². The number of aliphatic imine (C=N–C) groups is 1. The predicted octanol–water partition coefficient (Wildman–Crippen LogP) is 4.00. The van der Waals surface area contributed by atoms with Crippen LogP contribution in [0.15, 0.2) is 59.7 Å². The number of amides is 1. The number of hydrogen-bond donors (Lipinski definition) is 4. The highest BCUT2D eigenvalue weighted by molar-refractivity contribution is 5.94. The van der Waals surface area contributed by atoms with E-state index < -0.39 is 0 Å². The molecule has 0 saturated heterocycles. The highest BCUT2D eigenvalue weighted by Crippen LogP contribution is 2.17. The van der Waals surface area contributed by atoms with E-state index in [0.717, 1.165) is 50.4 Å². The second-order valence-electron chi connectivity index (χ2n) is 7.54. The van der Waals surface area contributed by atoms with Gasteiger partial charge in [-0.1, -0.05) is 43.7 Å². The molecule has 1 amide bonds. The van der Waals surface area contributed by atoms with Gasteiger partial charge in [0, 0.05) is 42.3 Å². The number of hydrogen-bond acceptors (Lipinski definition) is 2. The van der Waals surface area contributed by atoms with Crippen LogP contribution in [-0.2, 0) is 13.0 Å². The van der Waals surface area contributed by atoms with E-state index in [1.165, 1.54) is 16.5 Å². The first-order valence-electron chi connectivity index (χ1n) is 11.2. The van der Waals surface area contributed by atoms with E-state index >= 15 is 0 Å². The Hall–Kier alpha value is -3.28. The first-order valence-corrected chi connectivity index (χ1v) is 11.2. The van der Waals surface area contributed by atoms with Gasteiger partial charge in [-0.2, -0.15) is 0 Å². The zero-order chi connectivity index (χ0) is 21.9. The lowest BCUT2D eigenvalue weighted by Gasteiger charge is -2.11. The molecule has 0 saturated carbocycles. The van der Waals surface area contributed by atoms with Crippen LogP contribution in [0.2, 0.25) is 0 Å². The quantitative estimate of drug-likeness (QED) is 0.228. The van der Waals surface area contributed by atoms with Crippen LogP contribution in [0.1, 0.15) is 48.2 Å². The minimum atomic E-state index is -0.0178. The molecule has 6 heteroatoms. The lowest BCUT2D eigenvalue weighted by Crippen LogP contribution is -2.38. The SMILES string of the molecule is CCCCNC(=O)c1ccc(CN=C(NCC)NCCc2c[nH]c3ccccc23)cc1. The van der Waals surface area contributed by atoms with Crippen LogP contribution in [-0.4, -0.2) is 36.5 Å². The fourth-order valence-electron chi connectivity index (χ4n) is 3.41. The van der Waals surface area contributed by atoms with Gasteiger partial charge < -0.3 is 20.9 Å². The summed E-state index contributed by atoms with van der Waals surface area (Å²) in [6, 6.07) is 16.0. The summed E-state index contributed by atoms with van der Waals surface area (Å²) in [6.45, 7) is 7.04. The Balaban J connectivity index is 1.52. The normalized spacial score (nSPS) is 11.5. The first-order chi connectivity index (χ1) is 15.2. The first kappa shape index (κ1) is 22.4. The number of aromatic amines is 1. The van der Waals surface area contributed by atoms with E-state index in [1.54, 1.807) is 0 Å². The monoisotopic (exact) mass is 419 g/mol. The highest BCUT2D eigenvalue weighted by Gasteiger charge is 2.06. The zero-order valence-corrected chi connectivity index (χ0v) is 18.5. The number of H-pyrrole nitrogens is 1. The average molecular weight is 420 g/mol. The van der Waals surface area contributed by atoms with Crippen LogP contribution >= 0.6 is 0 Å². The molecular formula is C25H33N5O. The van der Waals surface area contributed by atoms with Gasteiger partial charge in [0.25, 0.3) is 5.91 Å². The Morgan fingerprint density at radius 3 is 2.55 bits per heavy atom. The molecule has 0 radical (unpaired) electrons. The number of unbranched alkanes of at least 4 members (excludes halogenated alkanes) is 1. The number of carbonyl (C=O) groups excluding carboxylic acids is 1. The minimum Gasteiger partial charge on any atom is -0.361 e. The summed E-state index contributed by atoms with van der Waals surface area (Å²) >= 11 is 0. The van der Waals surface area contributed by atoms with Crippen molar-refractivity contribution in [2.24, 2.45) is 4.99 Å². The molecule has 0 unspecified atom stereocenters. The van der Waals surface area contributed by atoms with Gasteiger partial charge >= 0.3 is 0 Å². The summed E-state index contributed by atoms with van der Waals surface area (Å²) in [7, 11) is 0. The number of rotatable bonds is 10. The Kier molecular flexibility index (Phi) is 8.52. The van der Waals surface area contributed by atoms with Gasteiger partial charge in [0.15, 0.2) is 5.96 Å². The maximum Gasteiger partial charge on any atom is 0.251 e. The summed E-state index contributed by atoms with van der Waals surface area (Å²) < 4.78 is 0. The van der Waals surface area contributed by atoms with Crippen molar-refractivity contribution < 1.29 is 4.79 Å². The van der Waals surface area contributed by atoms with E-state index in [-0.39, 0.29) is 5.91 Å². The maximum absolute atomic E-state index is 12.1. The van der Waals surface area contributed by atoms with Crippen LogP contribution in [0, 0.1) is 0 Å². The fraction of sp³-hybridized carbons (Fsp3) is 0.360. The van der Waals surface area contributed by atoms with Crippen molar-refractivity contribution in [1.29, 1.82) is 0 Å². The lowest BCUT2D eigenvalue weighted by molar-refractivity contribution is 0.0953. The van der Waals surface area contributed by atoms with E-state index in [2.05, 4.69) is 64.2 Å². The molecule has 31 heavy (non-hydrogen) atoms. The Labute approximate surface area is 184 Å². The summed E-state index contributed by atoms with van der Waals surface area (Å²) in [4.78, 5) is 20.1. The number of fused-ring (bicyclic) bond motifs is 1. The number of benzene rings is 2. The molecule has 164 valence electrons. The van der Waals surface area contributed by atoms with E-state index in [1.807, 2.05) is 30.3 Å². The minimum absolute atomic E-state index is 0.0178. The van der Waals surface area contributed by atoms with Crippen LogP contribution in [0.25, 0.3) is 10.9 Å². The van der Waals surface area contributed by atoms with Gasteiger partial charge in [-0.3, -0.25) is 4.79 Å². The summed E-state index contributed by atoms with van der Waals surface area (Å²) in [5, 5.41) is 10.9. The van der Waals surface area contributed by atoms with Crippen molar-refractivity contribution in [3.8, 4) is 0 Å². The molecule has 3 aromatic rings. The van der Waals surface area contributed by atoms with Gasteiger partial charge in [0.05, 0.1) is 6.54 Å². The Morgan fingerprint density at radius 1 is 0.968 bits per heavy atom. The number of carbonyl (C=O) groups is 1. The number of aromatic nitrogens is 1. The molecule has 1 aromatic heterocycles. The molecule has 4 N–H and O–H groups in total. The smallest absolute Gasteiger partial charge is 0.251 e. The molecule has 0 aliphatic carbocycles. The van der Waals surface area contributed by atoms with Crippen LogP contribution in [0.4, 0.5) is 0 Å². The van der Waals surface area contributed by atoms with E-state index in [9.17, 15) is 4.79 Å². The second-order valence-corrected chi connectivity index (χ2v) is 7.54. The number of nitrogens with one attached hydrogen (secondary N) is 4. The Morgan fingerprint density at radius 2 is 1.77 bits per heavy atom. The molecular weight excluding hydrogens is 386 g/mol. The Bertz CT molecular complexity index is 991. The maximum atomic E-state index is 12.1. The molecule has 0 aliphatic heterocycles. The average Bonchev–Trinajstić information content (AvgIpc) is 3.21.